The molecule has 0 saturated carbocycles. The van der Waals surface area contributed by atoms with E-state index in [0.29, 0.717) is 23.2 Å². The van der Waals surface area contributed by atoms with Crippen LogP contribution in [0.25, 0.3) is 11.3 Å². The number of nitrogens with one attached hydrogen (secondary N) is 2. The SMILES string of the molecule is O=c1cc(-c2ccc(Cl)cc2)nc(NCC2CCCO2)[nH]1. The first-order chi connectivity index (χ1) is 10.2. The van der Waals surface area contributed by atoms with Crippen molar-refractivity contribution in [3.05, 3.63) is 45.7 Å². The number of benzene rings is 1. The van der Waals surface area contributed by atoms with E-state index in [1.54, 1.807) is 12.1 Å². The van der Waals surface area contributed by atoms with Crippen LogP contribution < -0.4 is 10.9 Å². The molecule has 2 aromatic rings. The summed E-state index contributed by atoms with van der Waals surface area (Å²) < 4.78 is 5.54. The lowest BCUT2D eigenvalue weighted by atomic mass is 10.1. The molecule has 110 valence electrons. The average Bonchev–Trinajstić information content (AvgIpc) is 2.99. The fourth-order valence-electron chi connectivity index (χ4n) is 2.33. The molecule has 0 spiro atoms. The molecule has 2 heterocycles. The van der Waals surface area contributed by atoms with Crippen molar-refractivity contribution in [2.75, 3.05) is 18.5 Å². The molecule has 1 saturated heterocycles. The molecule has 0 aliphatic carbocycles. The van der Waals surface area contributed by atoms with Crippen LogP contribution in [-0.2, 0) is 4.74 Å². The van der Waals surface area contributed by atoms with Crippen molar-refractivity contribution in [2.24, 2.45) is 0 Å². The van der Waals surface area contributed by atoms with Gasteiger partial charge in [0, 0.05) is 29.8 Å². The van der Waals surface area contributed by atoms with Crippen LogP contribution in [-0.4, -0.2) is 29.2 Å². The summed E-state index contributed by atoms with van der Waals surface area (Å²) in [4.78, 5) is 18.9. The van der Waals surface area contributed by atoms with E-state index in [-0.39, 0.29) is 11.7 Å². The van der Waals surface area contributed by atoms with Gasteiger partial charge in [0.25, 0.3) is 5.56 Å². The molecule has 21 heavy (non-hydrogen) atoms. The highest BCUT2D eigenvalue weighted by Gasteiger charge is 2.15. The van der Waals surface area contributed by atoms with Crippen LogP contribution in [0.1, 0.15) is 12.8 Å². The van der Waals surface area contributed by atoms with E-state index in [2.05, 4.69) is 15.3 Å². The lowest BCUT2D eigenvalue weighted by molar-refractivity contribution is 0.120. The minimum absolute atomic E-state index is 0.189. The maximum Gasteiger partial charge on any atom is 0.252 e. The predicted molar refractivity (Wildman–Crippen MR) is 82.8 cm³/mol. The molecule has 6 heteroatoms. The van der Waals surface area contributed by atoms with E-state index >= 15 is 0 Å². The number of hydrogen-bond acceptors (Lipinski definition) is 4. The Morgan fingerprint density at radius 3 is 2.90 bits per heavy atom. The fraction of sp³-hybridized carbons (Fsp3) is 0.333. The van der Waals surface area contributed by atoms with Crippen molar-refractivity contribution in [2.45, 2.75) is 18.9 Å². The lowest BCUT2D eigenvalue weighted by Crippen LogP contribution is -2.21. The smallest absolute Gasteiger partial charge is 0.252 e. The van der Waals surface area contributed by atoms with Crippen molar-refractivity contribution in [3.8, 4) is 11.3 Å². The van der Waals surface area contributed by atoms with Gasteiger partial charge in [-0.2, -0.15) is 0 Å². The van der Waals surface area contributed by atoms with E-state index in [1.165, 1.54) is 6.07 Å². The molecule has 1 aromatic carbocycles. The lowest BCUT2D eigenvalue weighted by Gasteiger charge is -2.11. The standard InChI is InChI=1S/C15H16ClN3O2/c16-11-5-3-10(4-6-11)13-8-14(20)19-15(18-13)17-9-12-2-1-7-21-12/h3-6,8,12H,1-2,7,9H2,(H2,17,18,19,20). The first-order valence-corrected chi connectivity index (χ1v) is 7.31. The minimum Gasteiger partial charge on any atom is -0.376 e. The summed E-state index contributed by atoms with van der Waals surface area (Å²) in [6.45, 7) is 1.45. The average molecular weight is 306 g/mol. The summed E-state index contributed by atoms with van der Waals surface area (Å²) in [6.07, 6.45) is 2.31. The monoisotopic (exact) mass is 305 g/mol. The molecule has 3 rings (SSSR count). The minimum atomic E-state index is -0.190. The van der Waals surface area contributed by atoms with E-state index in [4.69, 9.17) is 16.3 Å². The number of halogens is 1. The Hall–Kier alpha value is -1.85. The second-order valence-electron chi connectivity index (χ2n) is 5.00. The predicted octanol–water partition coefficient (Wildman–Crippen LogP) is 2.68. The number of H-pyrrole nitrogens is 1. The van der Waals surface area contributed by atoms with E-state index < -0.39 is 0 Å². The first-order valence-electron chi connectivity index (χ1n) is 6.93. The molecule has 0 amide bonds. The molecule has 1 unspecified atom stereocenters. The molecule has 1 aliphatic heterocycles. The second-order valence-corrected chi connectivity index (χ2v) is 5.44. The van der Waals surface area contributed by atoms with Gasteiger partial charge >= 0.3 is 0 Å². The Balaban J connectivity index is 1.78. The Bertz CT molecular complexity index is 663. The summed E-state index contributed by atoms with van der Waals surface area (Å²) in [6, 6.07) is 8.71. The van der Waals surface area contributed by atoms with E-state index in [9.17, 15) is 4.79 Å². The van der Waals surface area contributed by atoms with Crippen molar-refractivity contribution >= 4 is 17.5 Å². The number of nitrogens with zero attached hydrogens (tertiary/aromatic N) is 1. The molecule has 0 radical (unpaired) electrons. The molecule has 1 aliphatic rings. The van der Waals surface area contributed by atoms with Gasteiger partial charge in [0.2, 0.25) is 5.95 Å². The zero-order valence-electron chi connectivity index (χ0n) is 11.4. The zero-order valence-corrected chi connectivity index (χ0v) is 12.2. The molecular formula is C15H16ClN3O2. The van der Waals surface area contributed by atoms with Crippen LogP contribution in [0.2, 0.25) is 5.02 Å². The maximum atomic E-state index is 11.8. The van der Waals surface area contributed by atoms with Crippen molar-refractivity contribution in [1.82, 2.24) is 9.97 Å². The number of aromatic amines is 1. The van der Waals surface area contributed by atoms with Gasteiger partial charge in [-0.25, -0.2) is 4.98 Å². The van der Waals surface area contributed by atoms with Gasteiger partial charge in [-0.15, -0.1) is 0 Å². The maximum absolute atomic E-state index is 11.8. The summed E-state index contributed by atoms with van der Waals surface area (Å²) in [5, 5.41) is 3.78. The quantitative estimate of drug-likeness (QED) is 0.911. The summed E-state index contributed by atoms with van der Waals surface area (Å²) >= 11 is 5.87. The van der Waals surface area contributed by atoms with Crippen LogP contribution in [0.15, 0.2) is 35.1 Å². The summed E-state index contributed by atoms with van der Waals surface area (Å²) in [7, 11) is 0. The summed E-state index contributed by atoms with van der Waals surface area (Å²) in [5.74, 6) is 0.461. The fourth-order valence-corrected chi connectivity index (χ4v) is 2.45. The third kappa shape index (κ3) is 3.62. The normalized spacial score (nSPS) is 17.9. The van der Waals surface area contributed by atoms with E-state index in [0.717, 1.165) is 25.0 Å². The molecule has 1 aromatic heterocycles. The number of rotatable bonds is 4. The van der Waals surface area contributed by atoms with Crippen LogP contribution in [0, 0.1) is 0 Å². The Morgan fingerprint density at radius 2 is 2.19 bits per heavy atom. The molecule has 0 bridgehead atoms. The number of hydrogen-bond donors (Lipinski definition) is 2. The first kappa shape index (κ1) is 14.1. The van der Waals surface area contributed by atoms with Gasteiger partial charge in [0.1, 0.15) is 0 Å². The third-order valence-electron chi connectivity index (χ3n) is 3.40. The van der Waals surface area contributed by atoms with Gasteiger partial charge in [0.05, 0.1) is 11.8 Å². The van der Waals surface area contributed by atoms with Crippen molar-refractivity contribution < 1.29 is 4.74 Å². The topological polar surface area (TPSA) is 67.0 Å². The van der Waals surface area contributed by atoms with Crippen molar-refractivity contribution in [1.29, 1.82) is 0 Å². The highest BCUT2D eigenvalue weighted by molar-refractivity contribution is 6.30. The molecular weight excluding hydrogens is 290 g/mol. The van der Waals surface area contributed by atoms with Gasteiger partial charge < -0.3 is 10.1 Å². The largest absolute Gasteiger partial charge is 0.376 e. The Labute approximate surface area is 127 Å². The number of ether oxygens (including phenoxy) is 1. The highest BCUT2D eigenvalue weighted by atomic mass is 35.5. The van der Waals surface area contributed by atoms with Gasteiger partial charge in [-0.1, -0.05) is 23.7 Å². The summed E-state index contributed by atoms with van der Waals surface area (Å²) in [5.41, 5.74) is 1.28. The molecule has 2 N–H and O–H groups in total. The number of aromatic nitrogens is 2. The van der Waals surface area contributed by atoms with E-state index in [1.807, 2.05) is 12.1 Å². The van der Waals surface area contributed by atoms with Crippen LogP contribution in [0.4, 0.5) is 5.95 Å². The van der Waals surface area contributed by atoms with Crippen LogP contribution in [0.5, 0.6) is 0 Å². The zero-order chi connectivity index (χ0) is 14.7. The van der Waals surface area contributed by atoms with Gasteiger partial charge in [-0.3, -0.25) is 9.78 Å². The Kier molecular flexibility index (Phi) is 4.22. The van der Waals surface area contributed by atoms with Crippen LogP contribution in [0.3, 0.4) is 0 Å². The Morgan fingerprint density at radius 1 is 1.38 bits per heavy atom. The molecule has 1 atom stereocenters. The van der Waals surface area contributed by atoms with Gasteiger partial charge in [0.15, 0.2) is 0 Å². The molecule has 1 fully saturated rings. The highest BCUT2D eigenvalue weighted by Crippen LogP contribution is 2.19. The van der Waals surface area contributed by atoms with Crippen molar-refractivity contribution in [3.63, 3.8) is 0 Å². The molecule has 5 nitrogen and oxygen atoms in total. The third-order valence-corrected chi connectivity index (χ3v) is 3.65. The van der Waals surface area contributed by atoms with Gasteiger partial charge in [-0.05, 0) is 25.0 Å². The second kappa shape index (κ2) is 6.28. The van der Waals surface area contributed by atoms with Crippen LogP contribution >= 0.6 is 11.6 Å². The number of anilines is 1.